The van der Waals surface area contributed by atoms with Crippen molar-refractivity contribution >= 4 is 0 Å². The van der Waals surface area contributed by atoms with Crippen LogP contribution in [-0.4, -0.2) is 4.98 Å². The Hall–Kier alpha value is -1.29. The Labute approximate surface area is 61.1 Å². The highest BCUT2D eigenvalue weighted by Gasteiger charge is 1.89. The van der Waals surface area contributed by atoms with Gasteiger partial charge < -0.3 is 0 Å². The summed E-state index contributed by atoms with van der Waals surface area (Å²) in [6, 6.07) is 3.90. The molecule has 0 radical (unpaired) electrons. The maximum Gasteiger partial charge on any atom is 0.113 e. The summed E-state index contributed by atoms with van der Waals surface area (Å²) in [5, 5.41) is 0. The topological polar surface area (TPSA) is 12.9 Å². The molecule has 0 saturated carbocycles. The molecule has 1 nitrogen and oxygen atoms in total. The smallest absolute Gasteiger partial charge is 0.113 e. The third kappa shape index (κ3) is 1.35. The third-order valence-corrected chi connectivity index (χ3v) is 1.38. The van der Waals surface area contributed by atoms with Gasteiger partial charge in [-0.2, -0.15) is 0 Å². The lowest BCUT2D eigenvalue weighted by Crippen LogP contribution is -1.84. The van der Waals surface area contributed by atoms with Crippen LogP contribution in [0.5, 0.6) is 0 Å². The SMILES string of the molecule is C#Cc1cc(CC)ccn1. The molecule has 50 valence electrons. The maximum absolute atomic E-state index is 5.16. The average molecular weight is 131 g/mol. The first-order chi connectivity index (χ1) is 4.86. The quantitative estimate of drug-likeness (QED) is 0.528. The van der Waals surface area contributed by atoms with E-state index < -0.39 is 0 Å². The minimum Gasteiger partial charge on any atom is -0.248 e. The van der Waals surface area contributed by atoms with Crippen molar-refractivity contribution in [2.75, 3.05) is 0 Å². The fourth-order valence-corrected chi connectivity index (χ4v) is 0.773. The van der Waals surface area contributed by atoms with Gasteiger partial charge in [0.05, 0.1) is 0 Å². The van der Waals surface area contributed by atoms with Crippen LogP contribution in [0.15, 0.2) is 18.3 Å². The highest BCUT2D eigenvalue weighted by molar-refractivity contribution is 5.28. The molecule has 0 N–H and O–H groups in total. The van der Waals surface area contributed by atoms with Gasteiger partial charge in [-0.15, -0.1) is 6.42 Å². The van der Waals surface area contributed by atoms with Gasteiger partial charge in [-0.05, 0) is 24.1 Å². The molecule has 1 heteroatoms. The zero-order chi connectivity index (χ0) is 7.40. The summed E-state index contributed by atoms with van der Waals surface area (Å²) in [7, 11) is 0. The number of rotatable bonds is 1. The molecule has 0 unspecified atom stereocenters. The summed E-state index contributed by atoms with van der Waals surface area (Å²) in [6.07, 6.45) is 7.92. The standard InChI is InChI=1S/C9H9N/c1-3-8-5-6-10-9(4-2)7-8/h2,5-7H,3H2,1H3. The first-order valence-corrected chi connectivity index (χ1v) is 3.28. The van der Waals surface area contributed by atoms with Crippen molar-refractivity contribution in [1.82, 2.24) is 4.98 Å². The van der Waals surface area contributed by atoms with Crippen LogP contribution >= 0.6 is 0 Å². The Morgan fingerprint density at radius 1 is 1.70 bits per heavy atom. The predicted molar refractivity (Wildman–Crippen MR) is 41.6 cm³/mol. The lowest BCUT2D eigenvalue weighted by molar-refractivity contribution is 1.11. The first kappa shape index (κ1) is 6.82. The fraction of sp³-hybridized carbons (Fsp3) is 0.222. The molecule has 0 atom stereocenters. The highest BCUT2D eigenvalue weighted by atomic mass is 14.6. The van der Waals surface area contributed by atoms with Crippen LogP contribution in [0, 0.1) is 12.3 Å². The summed E-state index contributed by atoms with van der Waals surface area (Å²) >= 11 is 0. The molecule has 10 heavy (non-hydrogen) atoms. The van der Waals surface area contributed by atoms with Crippen LogP contribution in [0.1, 0.15) is 18.2 Å². The van der Waals surface area contributed by atoms with E-state index in [2.05, 4.69) is 17.8 Å². The Morgan fingerprint density at radius 3 is 3.10 bits per heavy atom. The van der Waals surface area contributed by atoms with Crippen molar-refractivity contribution in [3.05, 3.63) is 29.6 Å². The molecule has 1 rings (SSSR count). The van der Waals surface area contributed by atoms with E-state index in [0.29, 0.717) is 0 Å². The van der Waals surface area contributed by atoms with E-state index in [4.69, 9.17) is 6.42 Å². The lowest BCUT2D eigenvalue weighted by Gasteiger charge is -1.94. The van der Waals surface area contributed by atoms with Crippen LogP contribution in [-0.2, 0) is 6.42 Å². The number of aryl methyl sites for hydroxylation is 1. The van der Waals surface area contributed by atoms with Crippen LogP contribution < -0.4 is 0 Å². The van der Waals surface area contributed by atoms with Gasteiger partial charge in [0.1, 0.15) is 5.69 Å². The van der Waals surface area contributed by atoms with Crippen LogP contribution in [0.25, 0.3) is 0 Å². The Balaban J connectivity index is 3.01. The summed E-state index contributed by atoms with van der Waals surface area (Å²) in [4.78, 5) is 3.97. The van der Waals surface area contributed by atoms with Gasteiger partial charge in [-0.3, -0.25) is 0 Å². The molecular formula is C9H9N. The molecule has 0 saturated heterocycles. The number of nitrogens with zero attached hydrogens (tertiary/aromatic N) is 1. The van der Waals surface area contributed by atoms with Gasteiger partial charge in [-0.25, -0.2) is 4.98 Å². The van der Waals surface area contributed by atoms with Gasteiger partial charge in [0.2, 0.25) is 0 Å². The van der Waals surface area contributed by atoms with Crippen molar-refractivity contribution in [1.29, 1.82) is 0 Å². The molecule has 0 bridgehead atoms. The highest BCUT2D eigenvalue weighted by Crippen LogP contribution is 2.00. The molecule has 0 aliphatic rings. The Kier molecular flexibility index (Phi) is 2.07. The maximum atomic E-state index is 5.16. The van der Waals surface area contributed by atoms with Crippen LogP contribution in [0.4, 0.5) is 0 Å². The molecule has 0 aliphatic carbocycles. The molecule has 0 amide bonds. The lowest BCUT2D eigenvalue weighted by atomic mass is 10.2. The largest absolute Gasteiger partial charge is 0.248 e. The molecule has 0 aliphatic heterocycles. The van der Waals surface area contributed by atoms with Crippen molar-refractivity contribution < 1.29 is 0 Å². The van der Waals surface area contributed by atoms with E-state index in [1.807, 2.05) is 12.1 Å². The van der Waals surface area contributed by atoms with E-state index in [-0.39, 0.29) is 0 Å². The van der Waals surface area contributed by atoms with E-state index in [1.165, 1.54) is 5.56 Å². The summed E-state index contributed by atoms with van der Waals surface area (Å²) in [6.45, 7) is 2.09. The van der Waals surface area contributed by atoms with E-state index >= 15 is 0 Å². The fourth-order valence-electron chi connectivity index (χ4n) is 0.773. The second-order valence-corrected chi connectivity index (χ2v) is 2.05. The van der Waals surface area contributed by atoms with Crippen molar-refractivity contribution in [2.45, 2.75) is 13.3 Å². The zero-order valence-electron chi connectivity index (χ0n) is 5.96. The molecule has 1 aromatic heterocycles. The molecule has 0 spiro atoms. The van der Waals surface area contributed by atoms with Crippen molar-refractivity contribution in [3.63, 3.8) is 0 Å². The minimum absolute atomic E-state index is 0.722. The number of hydrogen-bond donors (Lipinski definition) is 0. The van der Waals surface area contributed by atoms with E-state index in [9.17, 15) is 0 Å². The molecule has 0 fully saturated rings. The molecule has 1 aromatic rings. The number of hydrogen-bond acceptors (Lipinski definition) is 1. The van der Waals surface area contributed by atoms with Gasteiger partial charge in [0.15, 0.2) is 0 Å². The second kappa shape index (κ2) is 3.03. The summed E-state index contributed by atoms with van der Waals surface area (Å²) in [5.41, 5.74) is 1.96. The van der Waals surface area contributed by atoms with Crippen molar-refractivity contribution in [3.8, 4) is 12.3 Å². The molecular weight excluding hydrogens is 122 g/mol. The molecule has 1 heterocycles. The minimum atomic E-state index is 0.722. The Bertz CT molecular complexity index is 258. The predicted octanol–water partition coefficient (Wildman–Crippen LogP) is 1.63. The first-order valence-electron chi connectivity index (χ1n) is 3.28. The van der Waals surface area contributed by atoms with E-state index in [1.54, 1.807) is 6.20 Å². The van der Waals surface area contributed by atoms with Gasteiger partial charge >= 0.3 is 0 Å². The molecule has 0 aromatic carbocycles. The van der Waals surface area contributed by atoms with Crippen LogP contribution in [0.3, 0.4) is 0 Å². The zero-order valence-corrected chi connectivity index (χ0v) is 5.96. The normalized spacial score (nSPS) is 8.80. The van der Waals surface area contributed by atoms with Crippen molar-refractivity contribution in [2.24, 2.45) is 0 Å². The number of aromatic nitrogens is 1. The van der Waals surface area contributed by atoms with Gasteiger partial charge in [0, 0.05) is 6.20 Å². The number of terminal acetylenes is 1. The van der Waals surface area contributed by atoms with E-state index in [0.717, 1.165) is 12.1 Å². The summed E-state index contributed by atoms with van der Waals surface area (Å²) in [5.74, 6) is 2.49. The van der Waals surface area contributed by atoms with Crippen LogP contribution in [0.2, 0.25) is 0 Å². The number of pyridine rings is 1. The monoisotopic (exact) mass is 131 g/mol. The van der Waals surface area contributed by atoms with Gasteiger partial charge in [-0.1, -0.05) is 12.8 Å². The van der Waals surface area contributed by atoms with Gasteiger partial charge in [0.25, 0.3) is 0 Å². The second-order valence-electron chi connectivity index (χ2n) is 2.05. The Morgan fingerprint density at radius 2 is 2.50 bits per heavy atom. The summed E-state index contributed by atoms with van der Waals surface area (Å²) < 4.78 is 0. The third-order valence-electron chi connectivity index (χ3n) is 1.38. The average Bonchev–Trinajstić information content (AvgIpc) is 2.05.